The molecule has 2 fully saturated rings. The topological polar surface area (TPSA) is 54.2 Å². The Labute approximate surface area is 131 Å². The molecule has 1 aromatic heterocycles. The van der Waals surface area contributed by atoms with E-state index in [-0.39, 0.29) is 0 Å². The average Bonchev–Trinajstić information content (AvgIpc) is 3.14. The van der Waals surface area contributed by atoms with Crippen LogP contribution >= 0.6 is 15.9 Å². The molecular weight excluding hydrogens is 332 g/mol. The minimum Gasteiger partial charge on any atom is -0.338 e. The van der Waals surface area contributed by atoms with Gasteiger partial charge in [0.05, 0.1) is 6.54 Å². The van der Waals surface area contributed by atoms with Crippen LogP contribution in [0.25, 0.3) is 11.4 Å². The van der Waals surface area contributed by atoms with Gasteiger partial charge in [-0.3, -0.25) is 4.90 Å². The van der Waals surface area contributed by atoms with Crippen LogP contribution in [-0.2, 0) is 6.54 Å². The smallest absolute Gasteiger partial charge is 0.241 e. The first-order chi connectivity index (χ1) is 10.3. The van der Waals surface area contributed by atoms with Gasteiger partial charge in [0.25, 0.3) is 0 Å². The summed E-state index contributed by atoms with van der Waals surface area (Å²) in [7, 11) is 0. The van der Waals surface area contributed by atoms with Crippen LogP contribution in [0.5, 0.6) is 0 Å². The van der Waals surface area contributed by atoms with Gasteiger partial charge >= 0.3 is 0 Å². The highest BCUT2D eigenvalue weighted by Gasteiger charge is 2.36. The van der Waals surface area contributed by atoms with Crippen LogP contribution in [0.1, 0.15) is 5.89 Å². The second-order valence-electron chi connectivity index (χ2n) is 5.89. The molecule has 2 aliphatic heterocycles. The number of benzene rings is 1. The van der Waals surface area contributed by atoms with E-state index in [4.69, 9.17) is 4.52 Å². The lowest BCUT2D eigenvalue weighted by Gasteiger charge is -2.13. The first-order valence-corrected chi connectivity index (χ1v) is 8.09. The average molecular weight is 349 g/mol. The fraction of sp³-hybridized carbons (Fsp3) is 0.467. The van der Waals surface area contributed by atoms with Crippen molar-refractivity contribution in [1.29, 1.82) is 0 Å². The molecule has 4 rings (SSSR count). The van der Waals surface area contributed by atoms with Crippen molar-refractivity contribution >= 4 is 15.9 Å². The lowest BCUT2D eigenvalue weighted by atomic mass is 10.0. The van der Waals surface area contributed by atoms with Gasteiger partial charge in [0.15, 0.2) is 0 Å². The number of halogens is 1. The fourth-order valence-electron chi connectivity index (χ4n) is 3.34. The first-order valence-electron chi connectivity index (χ1n) is 7.29. The van der Waals surface area contributed by atoms with Crippen molar-refractivity contribution in [2.75, 3.05) is 26.2 Å². The number of nitrogens with one attached hydrogen (secondary N) is 1. The predicted molar refractivity (Wildman–Crippen MR) is 82.6 cm³/mol. The van der Waals surface area contributed by atoms with E-state index in [1.165, 1.54) is 0 Å². The minimum atomic E-state index is 0.660. The molecular formula is C15H17BrN4O. The Morgan fingerprint density at radius 2 is 2.10 bits per heavy atom. The molecule has 0 bridgehead atoms. The number of aromatic nitrogens is 2. The Bertz CT molecular complexity index is 632. The van der Waals surface area contributed by atoms with Crippen LogP contribution in [0.15, 0.2) is 33.3 Å². The number of rotatable bonds is 3. The molecule has 0 spiro atoms. The SMILES string of the molecule is Brc1cccc(-c2noc(CN3C[C@H]4CNC[C@H]4C3)n2)c1. The van der Waals surface area contributed by atoms with Crippen molar-refractivity contribution in [3.63, 3.8) is 0 Å². The molecule has 3 heterocycles. The monoisotopic (exact) mass is 348 g/mol. The Kier molecular flexibility index (Phi) is 3.52. The van der Waals surface area contributed by atoms with Crippen LogP contribution in [0.4, 0.5) is 0 Å². The maximum absolute atomic E-state index is 5.41. The van der Waals surface area contributed by atoms with E-state index in [2.05, 4.69) is 36.3 Å². The van der Waals surface area contributed by atoms with Gasteiger partial charge < -0.3 is 9.84 Å². The summed E-state index contributed by atoms with van der Waals surface area (Å²) in [5.74, 6) is 2.94. The van der Waals surface area contributed by atoms with Crippen molar-refractivity contribution in [1.82, 2.24) is 20.4 Å². The molecule has 0 amide bonds. The molecule has 5 nitrogen and oxygen atoms in total. The highest BCUT2D eigenvalue weighted by Crippen LogP contribution is 2.27. The van der Waals surface area contributed by atoms with Crippen molar-refractivity contribution in [3.05, 3.63) is 34.6 Å². The van der Waals surface area contributed by atoms with E-state index in [9.17, 15) is 0 Å². The molecule has 110 valence electrons. The molecule has 2 atom stereocenters. The van der Waals surface area contributed by atoms with Gasteiger partial charge in [-0.2, -0.15) is 4.98 Å². The summed E-state index contributed by atoms with van der Waals surface area (Å²) >= 11 is 3.46. The zero-order valence-electron chi connectivity index (χ0n) is 11.6. The third-order valence-electron chi connectivity index (χ3n) is 4.37. The molecule has 0 saturated carbocycles. The molecule has 1 N–H and O–H groups in total. The minimum absolute atomic E-state index is 0.660. The molecule has 6 heteroatoms. The van der Waals surface area contributed by atoms with Crippen LogP contribution in [0.3, 0.4) is 0 Å². The van der Waals surface area contributed by atoms with Gasteiger partial charge in [0, 0.05) is 23.1 Å². The van der Waals surface area contributed by atoms with E-state index in [0.717, 1.165) is 54.6 Å². The zero-order chi connectivity index (χ0) is 14.2. The van der Waals surface area contributed by atoms with Crippen molar-refractivity contribution in [3.8, 4) is 11.4 Å². The Morgan fingerprint density at radius 1 is 1.29 bits per heavy atom. The van der Waals surface area contributed by atoms with Gasteiger partial charge in [-0.1, -0.05) is 33.2 Å². The maximum Gasteiger partial charge on any atom is 0.241 e. The second-order valence-corrected chi connectivity index (χ2v) is 6.81. The Balaban J connectivity index is 1.45. The van der Waals surface area contributed by atoms with Gasteiger partial charge in [-0.15, -0.1) is 0 Å². The van der Waals surface area contributed by atoms with Crippen LogP contribution < -0.4 is 5.32 Å². The third-order valence-corrected chi connectivity index (χ3v) is 4.87. The number of hydrogen-bond donors (Lipinski definition) is 1. The van der Waals surface area contributed by atoms with E-state index in [0.29, 0.717) is 11.7 Å². The van der Waals surface area contributed by atoms with Crippen LogP contribution in [0.2, 0.25) is 0 Å². The first kappa shape index (κ1) is 13.4. The van der Waals surface area contributed by atoms with Crippen molar-refractivity contribution in [2.24, 2.45) is 11.8 Å². The standard InChI is InChI=1S/C15H17BrN4O/c16-13-3-1-2-10(4-13)15-18-14(21-19-15)9-20-7-11-5-17-6-12(11)8-20/h1-4,11-12,17H,5-9H2/t11-,12+. The second kappa shape index (κ2) is 5.51. The Hall–Kier alpha value is -1.24. The summed E-state index contributed by atoms with van der Waals surface area (Å²) in [6, 6.07) is 7.96. The van der Waals surface area contributed by atoms with Gasteiger partial charge in [-0.25, -0.2) is 0 Å². The lowest BCUT2D eigenvalue weighted by Crippen LogP contribution is -2.25. The quantitative estimate of drug-likeness (QED) is 0.920. The molecule has 0 aliphatic carbocycles. The number of likely N-dealkylation sites (tertiary alicyclic amines) is 1. The highest BCUT2D eigenvalue weighted by atomic mass is 79.9. The molecule has 2 saturated heterocycles. The fourth-order valence-corrected chi connectivity index (χ4v) is 3.74. The van der Waals surface area contributed by atoms with E-state index in [1.807, 2.05) is 24.3 Å². The number of nitrogens with zero attached hydrogens (tertiary/aromatic N) is 3. The summed E-state index contributed by atoms with van der Waals surface area (Å²) in [6.07, 6.45) is 0. The van der Waals surface area contributed by atoms with Gasteiger partial charge in [-0.05, 0) is 37.1 Å². The summed E-state index contributed by atoms with van der Waals surface area (Å²) < 4.78 is 6.43. The lowest BCUT2D eigenvalue weighted by molar-refractivity contribution is 0.253. The van der Waals surface area contributed by atoms with E-state index < -0.39 is 0 Å². The zero-order valence-corrected chi connectivity index (χ0v) is 13.2. The van der Waals surface area contributed by atoms with Gasteiger partial charge in [0.1, 0.15) is 0 Å². The van der Waals surface area contributed by atoms with Crippen LogP contribution in [-0.4, -0.2) is 41.2 Å². The van der Waals surface area contributed by atoms with Gasteiger partial charge in [0.2, 0.25) is 11.7 Å². The third kappa shape index (κ3) is 2.75. The predicted octanol–water partition coefficient (Wildman–Crippen LogP) is 2.15. The summed E-state index contributed by atoms with van der Waals surface area (Å²) in [5.41, 5.74) is 0.974. The number of fused-ring (bicyclic) bond motifs is 1. The van der Waals surface area contributed by atoms with Crippen molar-refractivity contribution < 1.29 is 4.52 Å². The molecule has 2 aliphatic rings. The maximum atomic E-state index is 5.41. The summed E-state index contributed by atoms with van der Waals surface area (Å²) in [6.45, 7) is 5.31. The van der Waals surface area contributed by atoms with Crippen LogP contribution in [0, 0.1) is 11.8 Å². The molecule has 21 heavy (non-hydrogen) atoms. The molecule has 0 radical (unpaired) electrons. The molecule has 2 aromatic rings. The summed E-state index contributed by atoms with van der Waals surface area (Å²) in [4.78, 5) is 6.95. The van der Waals surface area contributed by atoms with E-state index in [1.54, 1.807) is 0 Å². The normalized spacial score (nSPS) is 25.4. The van der Waals surface area contributed by atoms with E-state index >= 15 is 0 Å². The Morgan fingerprint density at radius 3 is 2.86 bits per heavy atom. The largest absolute Gasteiger partial charge is 0.338 e. The molecule has 0 unspecified atom stereocenters. The number of hydrogen-bond acceptors (Lipinski definition) is 5. The molecule has 1 aromatic carbocycles. The highest BCUT2D eigenvalue weighted by molar-refractivity contribution is 9.10. The van der Waals surface area contributed by atoms with Crippen molar-refractivity contribution in [2.45, 2.75) is 6.54 Å². The summed E-state index contributed by atoms with van der Waals surface area (Å²) in [5, 5.41) is 7.55.